The highest BCUT2D eigenvalue weighted by Gasteiger charge is 2.24. The molecule has 16 heavy (non-hydrogen) atoms. The lowest BCUT2D eigenvalue weighted by Crippen LogP contribution is -2.41. The van der Waals surface area contributed by atoms with Gasteiger partial charge < -0.3 is 15.5 Å². The van der Waals surface area contributed by atoms with E-state index in [0.717, 1.165) is 0 Å². The highest BCUT2D eigenvalue weighted by Crippen LogP contribution is 2.07. The summed E-state index contributed by atoms with van der Waals surface area (Å²) in [6.07, 6.45) is 5.91. The van der Waals surface area contributed by atoms with E-state index in [1.807, 2.05) is 6.92 Å². The van der Waals surface area contributed by atoms with Crippen molar-refractivity contribution in [1.82, 2.24) is 5.32 Å². The van der Waals surface area contributed by atoms with E-state index in [-0.39, 0.29) is 12.5 Å². The molecule has 3 N–H and O–H groups in total. The highest BCUT2D eigenvalue weighted by atomic mass is 16.4. The van der Waals surface area contributed by atoms with Crippen LogP contribution in [-0.4, -0.2) is 34.2 Å². The van der Waals surface area contributed by atoms with Crippen LogP contribution in [0.5, 0.6) is 0 Å². The zero-order valence-electron chi connectivity index (χ0n) is 9.43. The molecule has 0 bridgehead atoms. The Morgan fingerprint density at radius 1 is 1.38 bits per heavy atom. The zero-order chi connectivity index (χ0) is 12.6. The van der Waals surface area contributed by atoms with Gasteiger partial charge in [-0.3, -0.25) is 9.59 Å². The Bertz CT molecular complexity index is 305. The standard InChI is InChI=1S/C11H17NO4/c1-3-4-5-6-9(13)12-8-11(2,16)7-10(14)15/h3-6,16H,7-8H2,1-2H3,(H,12,13)(H,14,15). The number of aliphatic hydroxyl groups is 1. The molecule has 1 amide bonds. The molecule has 0 aliphatic heterocycles. The third-order valence-electron chi connectivity index (χ3n) is 1.73. The molecule has 0 radical (unpaired) electrons. The molecule has 0 rings (SSSR count). The second-order valence-corrected chi connectivity index (χ2v) is 3.67. The third-order valence-corrected chi connectivity index (χ3v) is 1.73. The zero-order valence-corrected chi connectivity index (χ0v) is 9.43. The van der Waals surface area contributed by atoms with Gasteiger partial charge in [-0.1, -0.05) is 18.2 Å². The number of carbonyl (C=O) groups is 2. The Morgan fingerprint density at radius 2 is 2.00 bits per heavy atom. The normalized spacial score (nSPS) is 15.2. The molecule has 1 unspecified atom stereocenters. The third kappa shape index (κ3) is 7.75. The molecular weight excluding hydrogens is 210 g/mol. The van der Waals surface area contributed by atoms with Gasteiger partial charge >= 0.3 is 5.97 Å². The van der Waals surface area contributed by atoms with Crippen molar-refractivity contribution in [3.05, 3.63) is 24.3 Å². The van der Waals surface area contributed by atoms with Crippen LogP contribution < -0.4 is 5.32 Å². The first-order valence-electron chi connectivity index (χ1n) is 4.89. The summed E-state index contributed by atoms with van der Waals surface area (Å²) in [6.45, 7) is 3.08. The van der Waals surface area contributed by atoms with E-state index in [2.05, 4.69) is 5.32 Å². The number of carboxylic acids is 1. The molecule has 0 fully saturated rings. The Kier molecular flexibility index (Phi) is 6.10. The van der Waals surface area contributed by atoms with E-state index in [4.69, 9.17) is 5.11 Å². The summed E-state index contributed by atoms with van der Waals surface area (Å²) in [5.41, 5.74) is -1.43. The van der Waals surface area contributed by atoms with Crippen molar-refractivity contribution in [3.63, 3.8) is 0 Å². The number of aliphatic carboxylic acids is 1. The van der Waals surface area contributed by atoms with Gasteiger partial charge in [0.15, 0.2) is 0 Å². The quantitative estimate of drug-likeness (QED) is 0.454. The number of carboxylic acid groups (broad SMARTS) is 1. The van der Waals surface area contributed by atoms with Crippen molar-refractivity contribution >= 4 is 11.9 Å². The maximum atomic E-state index is 11.2. The van der Waals surface area contributed by atoms with Crippen LogP contribution in [0.2, 0.25) is 0 Å². The molecular formula is C11H17NO4. The molecule has 5 nitrogen and oxygen atoms in total. The molecule has 0 spiro atoms. The van der Waals surface area contributed by atoms with Crippen molar-refractivity contribution in [2.24, 2.45) is 0 Å². The Balaban J connectivity index is 4.04. The van der Waals surface area contributed by atoms with Gasteiger partial charge in [-0.15, -0.1) is 0 Å². The fraction of sp³-hybridized carbons (Fsp3) is 0.455. The lowest BCUT2D eigenvalue weighted by atomic mass is 10.0. The summed E-state index contributed by atoms with van der Waals surface area (Å²) >= 11 is 0. The SMILES string of the molecule is CC=CC=CC(=O)NCC(C)(O)CC(=O)O. The van der Waals surface area contributed by atoms with Crippen molar-refractivity contribution in [2.75, 3.05) is 6.54 Å². The minimum absolute atomic E-state index is 0.0989. The summed E-state index contributed by atoms with van der Waals surface area (Å²) in [7, 11) is 0. The Labute approximate surface area is 94.5 Å². The van der Waals surface area contributed by atoms with E-state index in [9.17, 15) is 14.7 Å². The van der Waals surface area contributed by atoms with Crippen LogP contribution in [0.1, 0.15) is 20.3 Å². The molecule has 0 heterocycles. The molecule has 90 valence electrons. The number of hydrogen-bond acceptors (Lipinski definition) is 3. The first-order valence-corrected chi connectivity index (χ1v) is 4.89. The van der Waals surface area contributed by atoms with Crippen LogP contribution in [0.4, 0.5) is 0 Å². The molecule has 0 saturated heterocycles. The van der Waals surface area contributed by atoms with Crippen molar-refractivity contribution in [3.8, 4) is 0 Å². The molecule has 5 heteroatoms. The molecule has 0 saturated carbocycles. The van der Waals surface area contributed by atoms with Crippen LogP contribution in [0, 0.1) is 0 Å². The molecule has 0 aromatic rings. The molecule has 0 aromatic heterocycles. The Morgan fingerprint density at radius 3 is 2.50 bits per heavy atom. The number of allylic oxidation sites excluding steroid dienone is 3. The predicted octanol–water partition coefficient (Wildman–Crippen LogP) is 0.461. The minimum Gasteiger partial charge on any atom is -0.481 e. The summed E-state index contributed by atoms with van der Waals surface area (Å²) in [5.74, 6) is -1.48. The summed E-state index contributed by atoms with van der Waals surface area (Å²) in [6, 6.07) is 0. The monoisotopic (exact) mass is 227 g/mol. The van der Waals surface area contributed by atoms with Gasteiger partial charge in [0.05, 0.1) is 12.0 Å². The van der Waals surface area contributed by atoms with Gasteiger partial charge in [0.25, 0.3) is 0 Å². The minimum atomic E-state index is -1.43. The summed E-state index contributed by atoms with van der Waals surface area (Å²) in [4.78, 5) is 21.5. The fourth-order valence-electron chi connectivity index (χ4n) is 0.979. The molecule has 0 aliphatic carbocycles. The van der Waals surface area contributed by atoms with E-state index in [1.165, 1.54) is 13.0 Å². The summed E-state index contributed by atoms with van der Waals surface area (Å²) in [5, 5.41) is 20.5. The van der Waals surface area contributed by atoms with E-state index in [0.29, 0.717) is 0 Å². The average Bonchev–Trinajstić information content (AvgIpc) is 2.13. The lowest BCUT2D eigenvalue weighted by Gasteiger charge is -2.20. The molecule has 0 aliphatic rings. The van der Waals surface area contributed by atoms with Gasteiger partial charge in [0.1, 0.15) is 0 Å². The topological polar surface area (TPSA) is 86.6 Å². The van der Waals surface area contributed by atoms with Crippen LogP contribution in [0.15, 0.2) is 24.3 Å². The van der Waals surface area contributed by atoms with E-state index in [1.54, 1.807) is 18.2 Å². The largest absolute Gasteiger partial charge is 0.481 e. The van der Waals surface area contributed by atoms with Crippen LogP contribution in [0.25, 0.3) is 0 Å². The number of hydrogen-bond donors (Lipinski definition) is 3. The van der Waals surface area contributed by atoms with Gasteiger partial charge in [-0.2, -0.15) is 0 Å². The maximum absolute atomic E-state index is 11.2. The Hall–Kier alpha value is -1.62. The van der Waals surface area contributed by atoms with Gasteiger partial charge in [0, 0.05) is 12.6 Å². The van der Waals surface area contributed by atoms with Crippen molar-refractivity contribution in [2.45, 2.75) is 25.9 Å². The van der Waals surface area contributed by atoms with Crippen molar-refractivity contribution < 1.29 is 19.8 Å². The first kappa shape index (κ1) is 14.4. The second kappa shape index (κ2) is 6.79. The van der Waals surface area contributed by atoms with Crippen molar-refractivity contribution in [1.29, 1.82) is 0 Å². The van der Waals surface area contributed by atoms with Crippen LogP contribution in [-0.2, 0) is 9.59 Å². The summed E-state index contributed by atoms with van der Waals surface area (Å²) < 4.78 is 0. The average molecular weight is 227 g/mol. The first-order chi connectivity index (χ1) is 7.37. The maximum Gasteiger partial charge on any atom is 0.306 e. The second-order valence-electron chi connectivity index (χ2n) is 3.67. The number of rotatable bonds is 6. The lowest BCUT2D eigenvalue weighted by molar-refractivity contribution is -0.142. The predicted molar refractivity (Wildman–Crippen MR) is 59.8 cm³/mol. The molecule has 0 aromatic carbocycles. The highest BCUT2D eigenvalue weighted by molar-refractivity contribution is 5.87. The van der Waals surface area contributed by atoms with E-state index >= 15 is 0 Å². The fourth-order valence-corrected chi connectivity index (χ4v) is 0.979. The van der Waals surface area contributed by atoms with Crippen LogP contribution >= 0.6 is 0 Å². The van der Waals surface area contributed by atoms with Gasteiger partial charge in [-0.05, 0) is 13.8 Å². The van der Waals surface area contributed by atoms with Crippen LogP contribution in [0.3, 0.4) is 0 Å². The molecule has 1 atom stereocenters. The van der Waals surface area contributed by atoms with E-state index < -0.39 is 18.0 Å². The number of nitrogens with one attached hydrogen (secondary N) is 1. The number of carbonyl (C=O) groups excluding carboxylic acids is 1. The van der Waals surface area contributed by atoms with Gasteiger partial charge in [-0.25, -0.2) is 0 Å². The van der Waals surface area contributed by atoms with Gasteiger partial charge in [0.2, 0.25) is 5.91 Å². The smallest absolute Gasteiger partial charge is 0.306 e. The number of amides is 1.